The molecule has 1 saturated heterocycles. The average Bonchev–Trinajstić information content (AvgIpc) is 3.28. The Bertz CT molecular complexity index is 1260. The molecule has 0 saturated carbocycles. The van der Waals surface area contributed by atoms with Crippen molar-refractivity contribution in [3.8, 4) is 0 Å². The van der Waals surface area contributed by atoms with E-state index >= 15 is 0 Å². The topological polar surface area (TPSA) is 96.2 Å². The number of fused-ring (bicyclic) bond motifs is 2. The summed E-state index contributed by atoms with van der Waals surface area (Å²) in [5.41, 5.74) is 3.92. The number of aromatic amines is 1. The molecule has 0 spiro atoms. The lowest BCUT2D eigenvalue weighted by Crippen LogP contribution is -2.50. The Morgan fingerprint density at radius 3 is 3.03 bits per heavy atom. The van der Waals surface area contributed by atoms with Gasteiger partial charge in [0.15, 0.2) is 5.58 Å². The summed E-state index contributed by atoms with van der Waals surface area (Å²) in [6.07, 6.45) is 3.46. The Morgan fingerprint density at radius 2 is 2.17 bits per heavy atom. The van der Waals surface area contributed by atoms with Gasteiger partial charge < -0.3 is 14.7 Å². The summed E-state index contributed by atoms with van der Waals surface area (Å²) >= 11 is 0. The van der Waals surface area contributed by atoms with Crippen LogP contribution in [0.4, 0.5) is 0 Å². The number of amides is 1. The molecule has 8 nitrogen and oxygen atoms in total. The zero-order valence-electron chi connectivity index (χ0n) is 16.0. The SMILES string of the molecule is Cn1c(=O)oc2ccc(CN3CC(CNC(=O)c4nccc5[nH]ccc45)C3)cc21. The number of oxazole rings is 1. The van der Waals surface area contributed by atoms with Crippen LogP contribution in [-0.2, 0) is 13.6 Å². The highest BCUT2D eigenvalue weighted by Crippen LogP contribution is 2.21. The lowest BCUT2D eigenvalue weighted by atomic mass is 9.99. The number of pyridine rings is 1. The molecule has 5 rings (SSSR count). The fourth-order valence-electron chi connectivity index (χ4n) is 3.95. The van der Waals surface area contributed by atoms with E-state index in [1.54, 1.807) is 13.2 Å². The van der Waals surface area contributed by atoms with Crippen LogP contribution >= 0.6 is 0 Å². The molecule has 4 heterocycles. The van der Waals surface area contributed by atoms with E-state index in [2.05, 4.69) is 20.2 Å². The van der Waals surface area contributed by atoms with Crippen LogP contribution in [0.5, 0.6) is 0 Å². The van der Waals surface area contributed by atoms with Gasteiger partial charge in [-0.2, -0.15) is 0 Å². The monoisotopic (exact) mass is 391 g/mol. The third kappa shape index (κ3) is 3.21. The third-order valence-electron chi connectivity index (χ3n) is 5.54. The highest BCUT2D eigenvalue weighted by Gasteiger charge is 2.27. The van der Waals surface area contributed by atoms with Crippen LogP contribution in [0.15, 0.2) is 51.9 Å². The lowest BCUT2D eigenvalue weighted by molar-refractivity contribution is 0.0797. The van der Waals surface area contributed by atoms with Crippen molar-refractivity contribution in [2.24, 2.45) is 13.0 Å². The van der Waals surface area contributed by atoms with Gasteiger partial charge in [-0.1, -0.05) is 6.07 Å². The summed E-state index contributed by atoms with van der Waals surface area (Å²) in [6, 6.07) is 9.56. The number of nitrogens with zero attached hydrogens (tertiary/aromatic N) is 3. The molecule has 1 aliphatic heterocycles. The molecule has 0 aliphatic carbocycles. The first-order valence-electron chi connectivity index (χ1n) is 9.59. The van der Waals surface area contributed by atoms with Gasteiger partial charge in [0, 0.05) is 62.4 Å². The van der Waals surface area contributed by atoms with Gasteiger partial charge in [0.05, 0.1) is 5.52 Å². The van der Waals surface area contributed by atoms with Crippen molar-refractivity contribution in [1.29, 1.82) is 0 Å². The minimum Gasteiger partial charge on any atom is -0.408 e. The summed E-state index contributed by atoms with van der Waals surface area (Å²) in [6.45, 7) is 3.28. The molecular formula is C21H21N5O3. The maximum atomic E-state index is 12.5. The summed E-state index contributed by atoms with van der Waals surface area (Å²) in [5.74, 6) is -0.0620. The maximum Gasteiger partial charge on any atom is 0.419 e. The summed E-state index contributed by atoms with van der Waals surface area (Å²) in [7, 11) is 1.71. The molecular weight excluding hydrogens is 370 g/mol. The summed E-state index contributed by atoms with van der Waals surface area (Å²) in [5, 5.41) is 3.85. The summed E-state index contributed by atoms with van der Waals surface area (Å²) in [4.78, 5) is 33.8. The molecule has 0 radical (unpaired) electrons. The fourth-order valence-corrected chi connectivity index (χ4v) is 3.95. The van der Waals surface area contributed by atoms with Crippen LogP contribution in [0, 0.1) is 5.92 Å². The third-order valence-corrected chi connectivity index (χ3v) is 5.54. The van der Waals surface area contributed by atoms with Crippen molar-refractivity contribution in [2.45, 2.75) is 6.54 Å². The molecule has 1 fully saturated rings. The van der Waals surface area contributed by atoms with Crippen LogP contribution in [0.3, 0.4) is 0 Å². The lowest BCUT2D eigenvalue weighted by Gasteiger charge is -2.39. The zero-order valence-corrected chi connectivity index (χ0v) is 16.0. The van der Waals surface area contributed by atoms with Gasteiger partial charge in [-0.25, -0.2) is 4.79 Å². The highest BCUT2D eigenvalue weighted by molar-refractivity contribution is 6.04. The van der Waals surface area contributed by atoms with Crippen LogP contribution in [0.25, 0.3) is 22.0 Å². The fraction of sp³-hybridized carbons (Fsp3) is 0.286. The standard InChI is InChI=1S/C21H21N5O3/c1-25-17-8-13(2-3-18(17)29-21(25)28)10-26-11-14(12-26)9-24-20(27)19-15-4-6-22-16(15)5-7-23-19/h2-8,14,22H,9-12H2,1H3,(H,24,27). The molecule has 1 amide bonds. The highest BCUT2D eigenvalue weighted by atomic mass is 16.4. The van der Waals surface area contributed by atoms with Gasteiger partial charge in [-0.3, -0.25) is 19.2 Å². The minimum absolute atomic E-state index is 0.139. The second-order valence-electron chi connectivity index (χ2n) is 7.60. The number of nitrogens with one attached hydrogen (secondary N) is 2. The Balaban J connectivity index is 1.16. The van der Waals surface area contributed by atoms with Crippen LogP contribution < -0.4 is 11.1 Å². The molecule has 148 valence electrons. The van der Waals surface area contributed by atoms with Gasteiger partial charge in [-0.05, 0) is 29.8 Å². The molecule has 8 heteroatoms. The van der Waals surface area contributed by atoms with E-state index in [9.17, 15) is 9.59 Å². The Morgan fingerprint density at radius 1 is 1.31 bits per heavy atom. The van der Waals surface area contributed by atoms with E-state index in [0.717, 1.165) is 41.6 Å². The number of benzene rings is 1. The van der Waals surface area contributed by atoms with Crippen molar-refractivity contribution in [3.63, 3.8) is 0 Å². The van der Waals surface area contributed by atoms with Crippen LogP contribution in [-0.4, -0.2) is 45.0 Å². The van der Waals surface area contributed by atoms with Crippen molar-refractivity contribution >= 4 is 27.9 Å². The van der Waals surface area contributed by atoms with Gasteiger partial charge in [-0.15, -0.1) is 0 Å². The zero-order chi connectivity index (χ0) is 20.0. The largest absolute Gasteiger partial charge is 0.419 e. The molecule has 2 N–H and O–H groups in total. The number of aromatic nitrogens is 3. The molecule has 0 atom stereocenters. The second-order valence-corrected chi connectivity index (χ2v) is 7.60. The first-order valence-corrected chi connectivity index (χ1v) is 9.59. The van der Waals surface area contributed by atoms with Crippen molar-refractivity contribution in [3.05, 3.63) is 64.5 Å². The van der Waals surface area contributed by atoms with E-state index in [1.807, 2.05) is 36.5 Å². The number of H-pyrrole nitrogens is 1. The number of likely N-dealkylation sites (tertiary alicyclic amines) is 1. The molecule has 0 unspecified atom stereocenters. The number of aryl methyl sites for hydroxylation is 1. The number of hydrogen-bond acceptors (Lipinski definition) is 5. The molecule has 3 aromatic heterocycles. The maximum absolute atomic E-state index is 12.5. The van der Waals surface area contributed by atoms with E-state index in [4.69, 9.17) is 4.42 Å². The minimum atomic E-state index is -0.346. The number of carbonyl (C=O) groups is 1. The first kappa shape index (κ1) is 17.7. The van der Waals surface area contributed by atoms with Crippen LogP contribution in [0.2, 0.25) is 0 Å². The Labute approximate surface area is 166 Å². The predicted octanol–water partition coefficient (Wildman–Crippen LogP) is 1.87. The van der Waals surface area contributed by atoms with E-state index in [1.165, 1.54) is 4.57 Å². The second kappa shape index (κ2) is 6.89. The molecule has 1 aliphatic rings. The van der Waals surface area contributed by atoms with Crippen molar-refractivity contribution in [1.82, 2.24) is 24.8 Å². The first-order chi connectivity index (χ1) is 14.1. The summed E-state index contributed by atoms with van der Waals surface area (Å²) < 4.78 is 6.70. The average molecular weight is 391 g/mol. The van der Waals surface area contributed by atoms with Crippen molar-refractivity contribution in [2.75, 3.05) is 19.6 Å². The Hall–Kier alpha value is -3.39. The quantitative estimate of drug-likeness (QED) is 0.541. The number of hydrogen-bond donors (Lipinski definition) is 2. The molecule has 1 aromatic carbocycles. The predicted molar refractivity (Wildman–Crippen MR) is 109 cm³/mol. The number of carbonyl (C=O) groups excluding carboxylic acids is 1. The molecule has 4 aromatic rings. The van der Waals surface area contributed by atoms with Gasteiger partial charge in [0.1, 0.15) is 5.69 Å². The van der Waals surface area contributed by atoms with Crippen LogP contribution in [0.1, 0.15) is 16.1 Å². The number of rotatable bonds is 5. The smallest absolute Gasteiger partial charge is 0.408 e. The Kier molecular flexibility index (Phi) is 4.21. The van der Waals surface area contributed by atoms with Gasteiger partial charge in [0.2, 0.25) is 0 Å². The van der Waals surface area contributed by atoms with E-state index < -0.39 is 0 Å². The molecule has 29 heavy (non-hydrogen) atoms. The van der Waals surface area contributed by atoms with Crippen molar-refractivity contribution < 1.29 is 9.21 Å². The molecule has 0 bridgehead atoms. The van der Waals surface area contributed by atoms with Gasteiger partial charge >= 0.3 is 5.76 Å². The normalized spacial score (nSPS) is 15.1. The van der Waals surface area contributed by atoms with Gasteiger partial charge in [0.25, 0.3) is 5.91 Å². The van der Waals surface area contributed by atoms with E-state index in [0.29, 0.717) is 23.7 Å². The van der Waals surface area contributed by atoms with E-state index in [-0.39, 0.29) is 11.7 Å².